The molecule has 0 atom stereocenters. The van der Waals surface area contributed by atoms with Crippen molar-refractivity contribution in [3.05, 3.63) is 94.7 Å². The highest BCUT2D eigenvalue weighted by Crippen LogP contribution is 2.33. The molecule has 0 aliphatic heterocycles. The summed E-state index contributed by atoms with van der Waals surface area (Å²) in [4.78, 5) is 14.0. The van der Waals surface area contributed by atoms with Crippen LogP contribution < -0.4 is 10.0 Å². The molecule has 0 spiro atoms. The Kier molecular flexibility index (Phi) is 9.77. The smallest absolute Gasteiger partial charge is 0.273 e. The van der Waals surface area contributed by atoms with E-state index in [1.807, 2.05) is 64.1 Å². The van der Waals surface area contributed by atoms with Crippen LogP contribution in [0.25, 0.3) is 11.3 Å². The Bertz CT molecular complexity index is 1290. The molecule has 36 heavy (non-hydrogen) atoms. The summed E-state index contributed by atoms with van der Waals surface area (Å²) in [7, 11) is 0. The maximum atomic E-state index is 12.9. The lowest BCUT2D eigenvalue weighted by Gasteiger charge is -2.15. The van der Waals surface area contributed by atoms with Crippen molar-refractivity contribution < 1.29 is 4.79 Å². The molecule has 4 aromatic rings. The first-order valence-corrected chi connectivity index (χ1v) is 13.5. The van der Waals surface area contributed by atoms with Crippen LogP contribution in [0.5, 0.6) is 0 Å². The maximum Gasteiger partial charge on any atom is 0.273 e. The molecule has 1 aliphatic rings. The average molecular weight is 501 g/mol. The molecule has 0 unspecified atom stereocenters. The minimum atomic E-state index is -0.160. The molecule has 1 aliphatic carbocycles. The van der Waals surface area contributed by atoms with Crippen LogP contribution in [0.1, 0.15) is 60.4 Å². The molecule has 3 N–H and O–H groups in total. The van der Waals surface area contributed by atoms with E-state index in [9.17, 15) is 4.79 Å². The Hall–Kier alpha value is -3.51. The van der Waals surface area contributed by atoms with Gasteiger partial charge in [0.1, 0.15) is 5.69 Å². The first-order valence-electron chi connectivity index (χ1n) is 12.7. The van der Waals surface area contributed by atoms with Gasteiger partial charge in [-0.3, -0.25) is 9.89 Å². The molecule has 0 radical (unpaired) electrons. The predicted molar refractivity (Wildman–Crippen MR) is 154 cm³/mol. The summed E-state index contributed by atoms with van der Waals surface area (Å²) in [6.07, 6.45) is 1.73. The highest BCUT2D eigenvalue weighted by atomic mass is 32.2. The molecule has 1 amide bonds. The summed E-state index contributed by atoms with van der Waals surface area (Å²) in [5.41, 5.74) is 9.11. The second-order valence-corrected chi connectivity index (χ2v) is 8.96. The molecule has 1 heterocycles. The standard InChI is InChI=1S/C26H24N4OS.2C2H6/c1-16-7-8-17(2)23(15-16)30-32-20-12-10-19(11-13-20)27-26(31)25-22-14-9-18-5-3-4-6-21(18)24(22)28-29-25;2*1-2/h3-8,10-13,15,30H,9,14H2,1-2H3,(H,27,31)(H,28,29);2*1-2H3. The SMILES string of the molecule is CC.CC.Cc1ccc(C)c(NSc2ccc(NC(=O)c3[nH]nc4c3CCc3ccccc3-4)cc2)c1. The lowest BCUT2D eigenvalue weighted by molar-refractivity contribution is 0.102. The van der Waals surface area contributed by atoms with Gasteiger partial charge >= 0.3 is 0 Å². The summed E-state index contributed by atoms with van der Waals surface area (Å²) in [6, 6.07) is 22.4. The van der Waals surface area contributed by atoms with E-state index >= 15 is 0 Å². The number of fused-ring (bicyclic) bond motifs is 3. The number of nitrogens with zero attached hydrogens (tertiary/aromatic N) is 1. The van der Waals surface area contributed by atoms with E-state index in [4.69, 9.17) is 0 Å². The Balaban J connectivity index is 0.000000861. The number of benzene rings is 3. The van der Waals surface area contributed by atoms with Crippen LogP contribution in [0.15, 0.2) is 71.6 Å². The summed E-state index contributed by atoms with van der Waals surface area (Å²) < 4.78 is 3.41. The van der Waals surface area contributed by atoms with Crippen LogP contribution in [-0.4, -0.2) is 16.1 Å². The van der Waals surface area contributed by atoms with E-state index in [1.54, 1.807) is 11.9 Å². The van der Waals surface area contributed by atoms with Crippen molar-refractivity contribution in [1.82, 2.24) is 10.2 Å². The van der Waals surface area contributed by atoms with Crippen LogP contribution in [0.2, 0.25) is 0 Å². The second-order valence-electron chi connectivity index (χ2n) is 8.08. The summed E-state index contributed by atoms with van der Waals surface area (Å²) in [6.45, 7) is 12.2. The molecular weight excluding hydrogens is 464 g/mol. The van der Waals surface area contributed by atoms with E-state index in [1.165, 1.54) is 16.7 Å². The van der Waals surface area contributed by atoms with Crippen molar-refractivity contribution in [3.63, 3.8) is 0 Å². The number of aromatic nitrogens is 2. The lowest BCUT2D eigenvalue weighted by Crippen LogP contribution is -2.15. The molecular formula is C30H36N4OS. The van der Waals surface area contributed by atoms with Crippen molar-refractivity contribution >= 4 is 29.2 Å². The van der Waals surface area contributed by atoms with Gasteiger partial charge in [-0.05, 0) is 85.7 Å². The third kappa shape index (κ3) is 6.18. The topological polar surface area (TPSA) is 69.8 Å². The van der Waals surface area contributed by atoms with E-state index in [2.05, 4.69) is 64.4 Å². The molecule has 188 valence electrons. The van der Waals surface area contributed by atoms with Gasteiger partial charge in [-0.2, -0.15) is 5.10 Å². The Morgan fingerprint density at radius 3 is 2.39 bits per heavy atom. The summed E-state index contributed by atoms with van der Waals surface area (Å²) in [5, 5.41) is 10.4. The van der Waals surface area contributed by atoms with Crippen LogP contribution in [0.3, 0.4) is 0 Å². The number of nitrogens with one attached hydrogen (secondary N) is 3. The van der Waals surface area contributed by atoms with Gasteiger partial charge in [0.25, 0.3) is 5.91 Å². The normalized spacial score (nSPS) is 11.1. The second kappa shape index (κ2) is 13.0. The highest BCUT2D eigenvalue weighted by molar-refractivity contribution is 8.00. The van der Waals surface area contributed by atoms with Crippen molar-refractivity contribution in [2.24, 2.45) is 0 Å². The third-order valence-corrected chi connectivity index (χ3v) is 6.62. The number of carbonyl (C=O) groups excluding carboxylic acids is 1. The van der Waals surface area contributed by atoms with Crippen LogP contribution >= 0.6 is 11.9 Å². The quantitative estimate of drug-likeness (QED) is 0.241. The molecule has 0 saturated carbocycles. The van der Waals surface area contributed by atoms with Gasteiger partial charge < -0.3 is 10.0 Å². The monoisotopic (exact) mass is 500 g/mol. The average Bonchev–Trinajstić information content (AvgIpc) is 3.37. The number of H-pyrrole nitrogens is 1. The summed E-state index contributed by atoms with van der Waals surface area (Å²) in [5.74, 6) is -0.160. The van der Waals surface area contributed by atoms with Gasteiger partial charge in [-0.25, -0.2) is 0 Å². The van der Waals surface area contributed by atoms with Crippen LogP contribution in [0.4, 0.5) is 11.4 Å². The predicted octanol–water partition coefficient (Wildman–Crippen LogP) is 8.22. The fourth-order valence-electron chi connectivity index (χ4n) is 4.01. The Labute approximate surface area is 219 Å². The number of hydrogen-bond acceptors (Lipinski definition) is 4. The number of rotatable bonds is 5. The first-order chi connectivity index (χ1) is 17.6. The molecule has 1 aromatic heterocycles. The molecule has 0 fully saturated rings. The first kappa shape index (κ1) is 27.1. The molecule has 3 aromatic carbocycles. The number of amides is 1. The highest BCUT2D eigenvalue weighted by Gasteiger charge is 2.25. The van der Waals surface area contributed by atoms with Gasteiger partial charge in [0.05, 0.1) is 5.69 Å². The molecule has 6 heteroatoms. The van der Waals surface area contributed by atoms with Gasteiger partial charge in [0.2, 0.25) is 0 Å². The Morgan fingerprint density at radius 2 is 1.64 bits per heavy atom. The van der Waals surface area contributed by atoms with E-state index < -0.39 is 0 Å². The number of aryl methyl sites for hydroxylation is 3. The van der Waals surface area contributed by atoms with Crippen molar-refractivity contribution in [2.45, 2.75) is 59.3 Å². The number of aromatic amines is 1. The zero-order valence-electron chi connectivity index (χ0n) is 22.0. The van der Waals surface area contributed by atoms with Crippen LogP contribution in [0, 0.1) is 13.8 Å². The molecule has 0 bridgehead atoms. The zero-order chi connectivity index (χ0) is 26.1. The minimum Gasteiger partial charge on any atom is -0.325 e. The molecule has 5 rings (SSSR count). The van der Waals surface area contributed by atoms with Gasteiger partial charge in [-0.15, -0.1) is 0 Å². The van der Waals surface area contributed by atoms with Crippen molar-refractivity contribution in [3.8, 4) is 11.3 Å². The minimum absolute atomic E-state index is 0.160. The Morgan fingerprint density at radius 1 is 0.917 bits per heavy atom. The van der Waals surface area contributed by atoms with E-state index in [0.717, 1.165) is 45.9 Å². The molecule has 0 saturated heterocycles. The van der Waals surface area contributed by atoms with Gasteiger partial charge in [0.15, 0.2) is 0 Å². The fourth-order valence-corrected chi connectivity index (χ4v) is 4.73. The van der Waals surface area contributed by atoms with Crippen molar-refractivity contribution in [1.29, 1.82) is 0 Å². The number of anilines is 2. The van der Waals surface area contributed by atoms with E-state index in [-0.39, 0.29) is 5.91 Å². The van der Waals surface area contributed by atoms with Crippen molar-refractivity contribution in [2.75, 3.05) is 10.0 Å². The molecule has 5 nitrogen and oxygen atoms in total. The number of carbonyl (C=O) groups is 1. The number of hydrogen-bond donors (Lipinski definition) is 3. The third-order valence-electron chi connectivity index (χ3n) is 5.80. The largest absolute Gasteiger partial charge is 0.325 e. The maximum absolute atomic E-state index is 12.9. The lowest BCUT2D eigenvalue weighted by atomic mass is 9.89. The van der Waals surface area contributed by atoms with E-state index in [0.29, 0.717) is 5.69 Å². The summed E-state index contributed by atoms with van der Waals surface area (Å²) >= 11 is 1.55. The van der Waals surface area contributed by atoms with Crippen LogP contribution in [-0.2, 0) is 12.8 Å². The van der Waals surface area contributed by atoms with Gasteiger partial charge in [-0.1, -0.05) is 64.1 Å². The fraction of sp³-hybridized carbons (Fsp3) is 0.267. The zero-order valence-corrected chi connectivity index (χ0v) is 22.8. The van der Waals surface area contributed by atoms with Gasteiger partial charge in [0, 0.05) is 27.4 Å².